The SMILES string of the molecule is C=CC(=O)N1CC/C(=[N+]2\C=C(c3nc(-c4cncc(C#N)c4)c4ccsc4c3-c3c(F)cc(F)cc3OC(C)C)C=N2)C1. The van der Waals surface area contributed by atoms with Gasteiger partial charge in [0.2, 0.25) is 17.8 Å². The summed E-state index contributed by atoms with van der Waals surface area (Å²) in [5.41, 5.74) is 3.95. The molecule has 0 radical (unpaired) electrons. The maximum Gasteiger partial charge on any atom is 0.246 e. The summed E-state index contributed by atoms with van der Waals surface area (Å²) in [6.07, 6.45) is 8.08. The van der Waals surface area contributed by atoms with Crippen LogP contribution < -0.4 is 4.74 Å². The highest BCUT2D eigenvalue weighted by atomic mass is 32.1. The van der Waals surface area contributed by atoms with Gasteiger partial charge in [-0.2, -0.15) is 5.26 Å². The number of likely N-dealkylation sites (tertiary alicyclic amines) is 1. The van der Waals surface area contributed by atoms with Gasteiger partial charge in [-0.05, 0) is 42.5 Å². The molecular formula is C32H25F2N6O2S+. The van der Waals surface area contributed by atoms with Crippen LogP contribution >= 0.6 is 11.3 Å². The zero-order valence-corrected chi connectivity index (χ0v) is 24.2. The second-order valence-corrected chi connectivity index (χ2v) is 11.2. The standard InChI is InChI=1S/C32H25F2N6O2S/c1-4-27(41)39-7-5-23(17-39)40-16-21(15-37-40)31-29(28-25(34)10-22(33)11-26(28)42-18(2)3)32-24(6-8-43-32)30(38-31)20-9-19(12-35)13-36-14-20/h4,6,8-11,13-16,18H,1,5,7,17H2,2-3H3/q+1/b40-23-. The fourth-order valence-electron chi connectivity index (χ4n) is 5.22. The molecule has 6 rings (SSSR count). The predicted octanol–water partition coefficient (Wildman–Crippen LogP) is 6.17. The number of amides is 1. The average molecular weight is 596 g/mol. The maximum atomic E-state index is 15.8. The third kappa shape index (κ3) is 5.21. The van der Waals surface area contributed by atoms with Gasteiger partial charge in [-0.25, -0.2) is 13.8 Å². The number of carbonyl (C=O) groups is 1. The van der Waals surface area contributed by atoms with Gasteiger partial charge in [0.05, 0.1) is 40.6 Å². The summed E-state index contributed by atoms with van der Waals surface area (Å²) in [5.74, 6) is -1.64. The molecule has 2 aliphatic rings. The molecule has 11 heteroatoms. The van der Waals surface area contributed by atoms with Crippen molar-refractivity contribution < 1.29 is 23.0 Å². The number of fused-ring (bicyclic) bond motifs is 1. The van der Waals surface area contributed by atoms with Crippen molar-refractivity contribution in [3.63, 3.8) is 0 Å². The first-order valence-corrected chi connectivity index (χ1v) is 14.4. The Bertz CT molecular complexity index is 1950. The number of halogens is 2. The fourth-order valence-corrected chi connectivity index (χ4v) is 6.17. The lowest BCUT2D eigenvalue weighted by Gasteiger charge is -2.19. The molecule has 8 nitrogen and oxygen atoms in total. The van der Waals surface area contributed by atoms with Crippen molar-refractivity contribution in [2.24, 2.45) is 5.10 Å². The van der Waals surface area contributed by atoms with Crippen LogP contribution in [-0.2, 0) is 4.79 Å². The van der Waals surface area contributed by atoms with Crippen LogP contribution in [0.5, 0.6) is 5.75 Å². The molecule has 43 heavy (non-hydrogen) atoms. The minimum atomic E-state index is -0.787. The molecule has 0 saturated carbocycles. The number of aromatic nitrogens is 2. The number of carbonyl (C=O) groups excluding carboxylic acids is 1. The van der Waals surface area contributed by atoms with Gasteiger partial charge in [0.25, 0.3) is 0 Å². The lowest BCUT2D eigenvalue weighted by molar-refractivity contribution is -0.458. The molecule has 1 saturated heterocycles. The van der Waals surface area contributed by atoms with Crippen molar-refractivity contribution in [3.8, 4) is 34.2 Å². The van der Waals surface area contributed by atoms with E-state index < -0.39 is 11.6 Å². The van der Waals surface area contributed by atoms with E-state index in [0.29, 0.717) is 57.9 Å². The zero-order chi connectivity index (χ0) is 30.2. The van der Waals surface area contributed by atoms with Crippen molar-refractivity contribution in [3.05, 3.63) is 83.8 Å². The lowest BCUT2D eigenvalue weighted by Crippen LogP contribution is -2.27. The predicted molar refractivity (Wildman–Crippen MR) is 162 cm³/mol. The number of rotatable bonds is 6. The van der Waals surface area contributed by atoms with Crippen molar-refractivity contribution in [2.75, 3.05) is 13.1 Å². The first kappa shape index (κ1) is 28.1. The highest BCUT2D eigenvalue weighted by molar-refractivity contribution is 7.18. The first-order chi connectivity index (χ1) is 20.8. The van der Waals surface area contributed by atoms with Crippen molar-refractivity contribution >= 4 is 44.8 Å². The van der Waals surface area contributed by atoms with E-state index in [4.69, 9.17) is 9.72 Å². The quantitative estimate of drug-likeness (QED) is 0.196. The molecule has 1 amide bonds. The number of pyridine rings is 2. The number of thiophene rings is 1. The Balaban J connectivity index is 1.62. The van der Waals surface area contributed by atoms with E-state index in [-0.39, 0.29) is 23.3 Å². The summed E-state index contributed by atoms with van der Waals surface area (Å²) in [6, 6.07) is 7.70. The van der Waals surface area contributed by atoms with Gasteiger partial charge in [-0.1, -0.05) is 11.3 Å². The zero-order valence-electron chi connectivity index (χ0n) is 23.3. The molecule has 3 aromatic heterocycles. The summed E-state index contributed by atoms with van der Waals surface area (Å²) in [6.45, 7) is 8.08. The molecule has 2 aliphatic heterocycles. The van der Waals surface area contributed by atoms with Crippen LogP contribution in [0.25, 0.3) is 38.0 Å². The van der Waals surface area contributed by atoms with E-state index in [1.54, 1.807) is 48.1 Å². The van der Waals surface area contributed by atoms with Gasteiger partial charge < -0.3 is 9.64 Å². The van der Waals surface area contributed by atoms with E-state index in [9.17, 15) is 14.4 Å². The van der Waals surface area contributed by atoms with Crippen LogP contribution in [0, 0.1) is 23.0 Å². The minimum Gasteiger partial charge on any atom is -0.490 e. The Kier molecular flexibility index (Phi) is 7.38. The average Bonchev–Trinajstić information content (AvgIpc) is 3.77. The van der Waals surface area contributed by atoms with Crippen LogP contribution in [0.1, 0.15) is 31.5 Å². The Morgan fingerprint density at radius 3 is 2.84 bits per heavy atom. The normalized spacial score (nSPS) is 16.2. The minimum absolute atomic E-state index is 0.0577. The highest BCUT2D eigenvalue weighted by Gasteiger charge is 2.32. The monoisotopic (exact) mass is 595 g/mol. The Hall–Kier alpha value is -5.08. The van der Waals surface area contributed by atoms with Gasteiger partial charge >= 0.3 is 0 Å². The van der Waals surface area contributed by atoms with Gasteiger partial charge in [0, 0.05) is 52.3 Å². The van der Waals surface area contributed by atoms with Gasteiger partial charge in [-0.3, -0.25) is 9.78 Å². The smallest absolute Gasteiger partial charge is 0.246 e. The van der Waals surface area contributed by atoms with E-state index in [1.807, 2.05) is 11.4 Å². The van der Waals surface area contributed by atoms with Crippen LogP contribution in [-0.4, -0.2) is 56.6 Å². The van der Waals surface area contributed by atoms with E-state index in [0.717, 1.165) is 17.2 Å². The molecule has 1 aromatic carbocycles. The molecule has 0 atom stereocenters. The molecule has 4 aromatic rings. The summed E-state index contributed by atoms with van der Waals surface area (Å²) >= 11 is 1.39. The van der Waals surface area contributed by atoms with Gasteiger partial charge in [0.1, 0.15) is 36.2 Å². The summed E-state index contributed by atoms with van der Waals surface area (Å²) in [7, 11) is 0. The summed E-state index contributed by atoms with van der Waals surface area (Å²) < 4.78 is 38.7. The Morgan fingerprint density at radius 2 is 2.07 bits per heavy atom. The van der Waals surface area contributed by atoms with Crippen molar-refractivity contribution in [1.29, 1.82) is 5.26 Å². The molecule has 0 bridgehead atoms. The van der Waals surface area contributed by atoms with Crippen LogP contribution in [0.3, 0.4) is 0 Å². The second-order valence-electron chi connectivity index (χ2n) is 10.3. The number of benzene rings is 1. The Morgan fingerprint density at radius 1 is 1.23 bits per heavy atom. The maximum absolute atomic E-state index is 15.8. The van der Waals surface area contributed by atoms with Crippen LogP contribution in [0.15, 0.2) is 66.0 Å². The van der Waals surface area contributed by atoms with Crippen LogP contribution in [0.4, 0.5) is 8.78 Å². The number of nitrogens with zero attached hydrogens (tertiary/aromatic N) is 6. The van der Waals surface area contributed by atoms with Gasteiger partial charge in [-0.15, -0.1) is 11.3 Å². The molecule has 0 aliphatic carbocycles. The first-order valence-electron chi connectivity index (χ1n) is 13.5. The molecule has 214 valence electrons. The number of hydrogen-bond acceptors (Lipinski definition) is 7. The number of allylic oxidation sites excluding steroid dienone is 1. The van der Waals surface area contributed by atoms with E-state index in [2.05, 4.69) is 22.7 Å². The molecule has 5 heterocycles. The topological polar surface area (TPSA) is 94.5 Å². The summed E-state index contributed by atoms with van der Waals surface area (Å²) in [5, 5.41) is 16.7. The van der Waals surface area contributed by atoms with Crippen molar-refractivity contribution in [1.82, 2.24) is 14.9 Å². The summed E-state index contributed by atoms with van der Waals surface area (Å²) in [4.78, 5) is 23.1. The third-order valence-corrected chi connectivity index (χ3v) is 8.02. The molecule has 0 N–H and O–H groups in total. The van der Waals surface area contributed by atoms with Crippen LogP contribution in [0.2, 0.25) is 0 Å². The second kappa shape index (κ2) is 11.3. The Labute approximate surface area is 250 Å². The third-order valence-electron chi connectivity index (χ3n) is 7.09. The molecule has 0 unspecified atom stereocenters. The number of nitriles is 1. The number of hydrazone groups is 1. The lowest BCUT2D eigenvalue weighted by atomic mass is 9.95. The van der Waals surface area contributed by atoms with E-state index in [1.165, 1.54) is 29.7 Å². The van der Waals surface area contributed by atoms with Crippen molar-refractivity contribution in [2.45, 2.75) is 26.4 Å². The highest BCUT2D eigenvalue weighted by Crippen LogP contribution is 2.46. The number of hydrogen-bond donors (Lipinski definition) is 0. The molecular weight excluding hydrogens is 570 g/mol. The van der Waals surface area contributed by atoms with Gasteiger partial charge in [0.15, 0.2) is 0 Å². The van der Waals surface area contributed by atoms with E-state index >= 15 is 4.39 Å². The largest absolute Gasteiger partial charge is 0.490 e. The number of ether oxygens (including phenoxy) is 1. The molecule has 1 fully saturated rings. The fraction of sp³-hybridized carbons (Fsp3) is 0.188. The molecule has 0 spiro atoms.